The molecule has 0 unspecified atom stereocenters. The molecule has 2 heterocycles. The fraction of sp³-hybridized carbons (Fsp3) is 0.500. The molecule has 0 spiro atoms. The average molecular weight is 361 g/mol. The van der Waals surface area contributed by atoms with Crippen molar-refractivity contribution < 1.29 is 23.8 Å². The van der Waals surface area contributed by atoms with Crippen LogP contribution in [0.2, 0.25) is 0 Å². The molecule has 0 aromatic heterocycles. The van der Waals surface area contributed by atoms with Crippen molar-refractivity contribution in [2.45, 2.75) is 13.0 Å². The van der Waals surface area contributed by atoms with Gasteiger partial charge in [0.15, 0.2) is 5.92 Å². The normalized spacial score (nSPS) is 23.1. The molecular weight excluding hydrogens is 338 g/mol. The monoisotopic (exact) mass is 361 g/mol. The summed E-state index contributed by atoms with van der Waals surface area (Å²) >= 11 is 0. The summed E-state index contributed by atoms with van der Waals surface area (Å²) in [5.41, 5.74) is 0.754. The molecule has 0 saturated carbocycles. The lowest BCUT2D eigenvalue weighted by atomic mass is 9.91. The lowest BCUT2D eigenvalue weighted by Gasteiger charge is -2.35. The highest BCUT2D eigenvalue weighted by atomic mass is 16.5. The standard InChI is InChI=1S/C18H23N3O5/c1-3-26-17(23)14-15(12-4-6-13(24-2)7-5-12)19-18(20-16(14)22)21-8-10-25-11-9-21/h4-7,14-15H,3,8-11H2,1-2H3,(H,19,20,22)/t14-,15-/m0/s1. The van der Waals surface area contributed by atoms with E-state index in [1.165, 1.54) is 0 Å². The van der Waals surface area contributed by atoms with Crippen LogP contribution in [0, 0.1) is 5.92 Å². The maximum Gasteiger partial charge on any atom is 0.321 e. The van der Waals surface area contributed by atoms with Crippen LogP contribution in [0.15, 0.2) is 29.3 Å². The van der Waals surface area contributed by atoms with Crippen LogP contribution in [-0.2, 0) is 19.1 Å². The van der Waals surface area contributed by atoms with Gasteiger partial charge in [-0.15, -0.1) is 0 Å². The highest BCUT2D eigenvalue weighted by molar-refractivity contribution is 6.08. The number of hydrogen-bond acceptors (Lipinski definition) is 7. The highest BCUT2D eigenvalue weighted by Crippen LogP contribution is 2.32. The number of guanidine groups is 1. The fourth-order valence-corrected chi connectivity index (χ4v) is 3.04. The van der Waals surface area contributed by atoms with Gasteiger partial charge in [-0.3, -0.25) is 14.9 Å². The Balaban J connectivity index is 1.95. The summed E-state index contributed by atoms with van der Waals surface area (Å²) in [4.78, 5) is 31.7. The van der Waals surface area contributed by atoms with Gasteiger partial charge in [-0.25, -0.2) is 4.99 Å². The van der Waals surface area contributed by atoms with Crippen molar-refractivity contribution in [2.24, 2.45) is 10.9 Å². The highest BCUT2D eigenvalue weighted by Gasteiger charge is 2.42. The molecule has 1 aromatic carbocycles. The first-order valence-corrected chi connectivity index (χ1v) is 8.66. The van der Waals surface area contributed by atoms with Crippen LogP contribution in [0.25, 0.3) is 0 Å². The van der Waals surface area contributed by atoms with Gasteiger partial charge in [-0.1, -0.05) is 12.1 Å². The van der Waals surface area contributed by atoms with E-state index in [9.17, 15) is 9.59 Å². The predicted octanol–water partition coefficient (Wildman–Crippen LogP) is 0.734. The van der Waals surface area contributed by atoms with Gasteiger partial charge in [0.2, 0.25) is 11.9 Å². The van der Waals surface area contributed by atoms with Crippen molar-refractivity contribution in [1.29, 1.82) is 0 Å². The molecule has 1 saturated heterocycles. The first-order chi connectivity index (χ1) is 12.6. The topological polar surface area (TPSA) is 89.5 Å². The van der Waals surface area contributed by atoms with Crippen molar-refractivity contribution in [3.63, 3.8) is 0 Å². The SMILES string of the molecule is CCOC(=O)[C@@H]1C(=O)NC(N2CCOCC2)=N[C@H]1c1ccc(OC)cc1. The van der Waals surface area contributed by atoms with Crippen LogP contribution >= 0.6 is 0 Å². The second-order valence-electron chi connectivity index (χ2n) is 5.99. The molecule has 8 nitrogen and oxygen atoms in total. The molecule has 2 atom stereocenters. The van der Waals surface area contributed by atoms with Crippen molar-refractivity contribution in [3.8, 4) is 5.75 Å². The number of nitrogens with one attached hydrogen (secondary N) is 1. The lowest BCUT2D eigenvalue weighted by Crippen LogP contribution is -2.55. The van der Waals surface area contributed by atoms with E-state index in [1.807, 2.05) is 17.0 Å². The van der Waals surface area contributed by atoms with E-state index in [0.717, 1.165) is 5.56 Å². The average Bonchev–Trinajstić information content (AvgIpc) is 2.68. The molecule has 140 valence electrons. The number of esters is 1. The number of methoxy groups -OCH3 is 1. The minimum absolute atomic E-state index is 0.206. The summed E-state index contributed by atoms with van der Waals surface area (Å²) in [5.74, 6) is -0.830. The van der Waals surface area contributed by atoms with Crippen LogP contribution in [0.1, 0.15) is 18.5 Å². The Hall–Kier alpha value is -2.61. The number of rotatable bonds is 4. The second kappa shape index (κ2) is 8.18. The van der Waals surface area contributed by atoms with Gasteiger partial charge in [0.1, 0.15) is 11.8 Å². The van der Waals surface area contributed by atoms with Gasteiger partial charge in [-0.05, 0) is 24.6 Å². The third-order valence-electron chi connectivity index (χ3n) is 4.40. The minimum Gasteiger partial charge on any atom is -0.497 e. The van der Waals surface area contributed by atoms with E-state index < -0.39 is 23.8 Å². The molecular formula is C18H23N3O5. The van der Waals surface area contributed by atoms with Crippen LogP contribution in [0.4, 0.5) is 0 Å². The summed E-state index contributed by atoms with van der Waals surface area (Å²) in [6.45, 7) is 4.34. The maximum absolute atomic E-state index is 12.7. The van der Waals surface area contributed by atoms with Crippen molar-refractivity contribution >= 4 is 17.8 Å². The number of carbonyl (C=O) groups excluding carboxylic acids is 2. The van der Waals surface area contributed by atoms with E-state index in [-0.39, 0.29) is 6.61 Å². The molecule has 0 radical (unpaired) electrons. The summed E-state index contributed by atoms with van der Waals surface area (Å²) in [6, 6.07) is 6.55. The number of carbonyl (C=O) groups is 2. The number of ether oxygens (including phenoxy) is 3. The van der Waals surface area contributed by atoms with Crippen molar-refractivity contribution in [1.82, 2.24) is 10.2 Å². The van der Waals surface area contributed by atoms with E-state index in [0.29, 0.717) is 38.0 Å². The molecule has 3 rings (SSSR count). The number of nitrogens with zero attached hydrogens (tertiary/aromatic N) is 2. The van der Waals surface area contributed by atoms with Crippen LogP contribution in [0.3, 0.4) is 0 Å². The van der Waals surface area contributed by atoms with Gasteiger partial charge in [-0.2, -0.15) is 0 Å². The van der Waals surface area contributed by atoms with Crippen molar-refractivity contribution in [2.75, 3.05) is 40.0 Å². The predicted molar refractivity (Wildman–Crippen MR) is 93.8 cm³/mol. The fourth-order valence-electron chi connectivity index (χ4n) is 3.04. The Morgan fingerprint density at radius 1 is 1.31 bits per heavy atom. The van der Waals surface area contributed by atoms with E-state index in [2.05, 4.69) is 10.3 Å². The molecule has 1 fully saturated rings. The number of aliphatic imine (C=N–C) groups is 1. The molecule has 2 aliphatic heterocycles. The summed E-state index contributed by atoms with van der Waals surface area (Å²) < 4.78 is 15.6. The first kappa shape index (κ1) is 18.2. The largest absolute Gasteiger partial charge is 0.497 e. The van der Waals surface area contributed by atoms with Gasteiger partial charge >= 0.3 is 5.97 Å². The summed E-state index contributed by atoms with van der Waals surface area (Å²) in [6.07, 6.45) is 0. The molecule has 8 heteroatoms. The first-order valence-electron chi connectivity index (χ1n) is 8.66. The van der Waals surface area contributed by atoms with Crippen LogP contribution in [-0.4, -0.2) is 62.8 Å². The zero-order valence-corrected chi connectivity index (χ0v) is 14.9. The number of hydrogen-bond donors (Lipinski definition) is 1. The molecule has 0 bridgehead atoms. The van der Waals surface area contributed by atoms with Crippen LogP contribution < -0.4 is 10.1 Å². The molecule has 0 aliphatic carbocycles. The minimum atomic E-state index is -1.02. The molecule has 1 N–H and O–H groups in total. The Morgan fingerprint density at radius 3 is 2.62 bits per heavy atom. The molecule has 2 aliphatic rings. The maximum atomic E-state index is 12.7. The summed E-state index contributed by atoms with van der Waals surface area (Å²) in [7, 11) is 1.58. The summed E-state index contributed by atoms with van der Waals surface area (Å²) in [5, 5.41) is 2.75. The van der Waals surface area contributed by atoms with Crippen LogP contribution in [0.5, 0.6) is 5.75 Å². The Labute approximate surface area is 152 Å². The lowest BCUT2D eigenvalue weighted by molar-refractivity contribution is -0.153. The molecule has 1 aromatic rings. The third-order valence-corrected chi connectivity index (χ3v) is 4.40. The number of benzene rings is 1. The van der Waals surface area contributed by atoms with E-state index in [4.69, 9.17) is 14.2 Å². The zero-order valence-electron chi connectivity index (χ0n) is 14.9. The molecule has 26 heavy (non-hydrogen) atoms. The van der Waals surface area contributed by atoms with E-state index in [1.54, 1.807) is 26.2 Å². The van der Waals surface area contributed by atoms with Gasteiger partial charge in [0, 0.05) is 13.1 Å². The third kappa shape index (κ3) is 3.80. The van der Waals surface area contributed by atoms with Gasteiger partial charge in [0.05, 0.1) is 26.9 Å². The molecule has 1 amide bonds. The smallest absolute Gasteiger partial charge is 0.321 e. The van der Waals surface area contributed by atoms with Crippen molar-refractivity contribution in [3.05, 3.63) is 29.8 Å². The number of amides is 1. The Kier molecular flexibility index (Phi) is 5.72. The van der Waals surface area contributed by atoms with E-state index >= 15 is 0 Å². The number of morpholine rings is 1. The second-order valence-corrected chi connectivity index (χ2v) is 5.99. The Bertz CT molecular complexity index is 683. The van der Waals surface area contributed by atoms with Gasteiger partial charge < -0.3 is 19.1 Å². The van der Waals surface area contributed by atoms with Gasteiger partial charge in [0.25, 0.3) is 0 Å². The Morgan fingerprint density at radius 2 is 2.00 bits per heavy atom. The quantitative estimate of drug-likeness (QED) is 0.628. The zero-order chi connectivity index (χ0) is 18.5.